The predicted octanol–water partition coefficient (Wildman–Crippen LogP) is 3.03. The standard InChI is InChI=1S/C17H19NO2/c1-13(15-10-6-3-7-11-15)16(17(19)20)18-12-14-8-4-2-5-9-14/h2-11,13,16,18H,12H2,1H3,(H,19,20)/t13-,16-/m0/s1. The number of benzene rings is 2. The number of hydrogen-bond acceptors (Lipinski definition) is 2. The first-order valence-electron chi connectivity index (χ1n) is 6.73. The van der Waals surface area contributed by atoms with Crippen molar-refractivity contribution in [3.63, 3.8) is 0 Å². The van der Waals surface area contributed by atoms with E-state index in [1.165, 1.54) is 0 Å². The van der Waals surface area contributed by atoms with Gasteiger partial charge in [-0.1, -0.05) is 67.6 Å². The zero-order valence-electron chi connectivity index (χ0n) is 11.5. The number of carboxylic acid groups (broad SMARTS) is 1. The molecule has 0 radical (unpaired) electrons. The van der Waals surface area contributed by atoms with Crippen LogP contribution in [-0.4, -0.2) is 17.1 Å². The van der Waals surface area contributed by atoms with Crippen LogP contribution in [0.15, 0.2) is 60.7 Å². The summed E-state index contributed by atoms with van der Waals surface area (Å²) < 4.78 is 0. The molecule has 0 saturated heterocycles. The summed E-state index contributed by atoms with van der Waals surface area (Å²) >= 11 is 0. The molecular weight excluding hydrogens is 250 g/mol. The Kier molecular flexibility index (Phi) is 4.91. The van der Waals surface area contributed by atoms with Crippen LogP contribution in [0, 0.1) is 0 Å². The summed E-state index contributed by atoms with van der Waals surface area (Å²) in [5.74, 6) is -0.908. The maximum atomic E-state index is 11.5. The van der Waals surface area contributed by atoms with Gasteiger partial charge >= 0.3 is 5.97 Å². The van der Waals surface area contributed by atoms with E-state index in [0.29, 0.717) is 6.54 Å². The normalized spacial score (nSPS) is 13.7. The van der Waals surface area contributed by atoms with E-state index in [1.807, 2.05) is 67.6 Å². The Morgan fingerprint density at radius 3 is 2.15 bits per heavy atom. The summed E-state index contributed by atoms with van der Waals surface area (Å²) in [6.45, 7) is 2.49. The number of rotatable bonds is 6. The molecule has 0 aliphatic heterocycles. The number of aliphatic carboxylic acids is 1. The smallest absolute Gasteiger partial charge is 0.321 e. The Morgan fingerprint density at radius 2 is 1.60 bits per heavy atom. The van der Waals surface area contributed by atoms with E-state index in [-0.39, 0.29) is 5.92 Å². The second-order valence-corrected chi connectivity index (χ2v) is 4.88. The summed E-state index contributed by atoms with van der Waals surface area (Å²) in [4.78, 5) is 11.5. The molecule has 2 atom stereocenters. The molecule has 0 amide bonds. The van der Waals surface area contributed by atoms with E-state index in [9.17, 15) is 9.90 Å². The van der Waals surface area contributed by atoms with Crippen molar-refractivity contribution in [1.29, 1.82) is 0 Å². The van der Waals surface area contributed by atoms with Gasteiger partial charge in [0.15, 0.2) is 0 Å². The van der Waals surface area contributed by atoms with Gasteiger partial charge in [-0.3, -0.25) is 10.1 Å². The van der Waals surface area contributed by atoms with E-state index < -0.39 is 12.0 Å². The fourth-order valence-corrected chi connectivity index (χ4v) is 2.25. The highest BCUT2D eigenvalue weighted by atomic mass is 16.4. The zero-order chi connectivity index (χ0) is 14.4. The molecular formula is C17H19NO2. The van der Waals surface area contributed by atoms with Gasteiger partial charge in [-0.25, -0.2) is 0 Å². The van der Waals surface area contributed by atoms with Gasteiger partial charge in [-0.15, -0.1) is 0 Å². The fraction of sp³-hybridized carbons (Fsp3) is 0.235. The van der Waals surface area contributed by atoms with Gasteiger partial charge in [0.1, 0.15) is 6.04 Å². The number of hydrogen-bond donors (Lipinski definition) is 2. The lowest BCUT2D eigenvalue weighted by Gasteiger charge is -2.22. The molecule has 2 aromatic carbocycles. The van der Waals surface area contributed by atoms with Crippen LogP contribution in [0.3, 0.4) is 0 Å². The van der Waals surface area contributed by atoms with E-state index in [2.05, 4.69) is 5.32 Å². The quantitative estimate of drug-likeness (QED) is 0.847. The fourth-order valence-electron chi connectivity index (χ4n) is 2.25. The second-order valence-electron chi connectivity index (χ2n) is 4.88. The van der Waals surface area contributed by atoms with Crippen molar-refractivity contribution in [2.24, 2.45) is 0 Å². The van der Waals surface area contributed by atoms with Crippen LogP contribution >= 0.6 is 0 Å². The van der Waals surface area contributed by atoms with Crippen LogP contribution in [-0.2, 0) is 11.3 Å². The van der Waals surface area contributed by atoms with Gasteiger partial charge < -0.3 is 5.11 Å². The summed E-state index contributed by atoms with van der Waals surface area (Å²) in [5, 5.41) is 12.6. The van der Waals surface area contributed by atoms with Crippen molar-refractivity contribution >= 4 is 5.97 Å². The van der Waals surface area contributed by atoms with Crippen LogP contribution in [0.2, 0.25) is 0 Å². The van der Waals surface area contributed by atoms with Crippen LogP contribution in [0.4, 0.5) is 0 Å². The molecule has 0 fully saturated rings. The molecule has 0 spiro atoms. The molecule has 3 nitrogen and oxygen atoms in total. The van der Waals surface area contributed by atoms with Crippen molar-refractivity contribution in [2.75, 3.05) is 0 Å². The maximum absolute atomic E-state index is 11.5. The van der Waals surface area contributed by atoms with Gasteiger partial charge in [0, 0.05) is 12.5 Å². The van der Waals surface area contributed by atoms with Crippen molar-refractivity contribution in [3.8, 4) is 0 Å². The first kappa shape index (κ1) is 14.3. The minimum atomic E-state index is -0.822. The van der Waals surface area contributed by atoms with E-state index in [1.54, 1.807) is 0 Å². The minimum Gasteiger partial charge on any atom is -0.480 e. The van der Waals surface area contributed by atoms with Gasteiger partial charge in [0.2, 0.25) is 0 Å². The number of nitrogens with one attached hydrogen (secondary N) is 1. The summed E-state index contributed by atoms with van der Waals surface area (Å²) in [5.41, 5.74) is 2.11. The van der Waals surface area contributed by atoms with Crippen molar-refractivity contribution in [3.05, 3.63) is 71.8 Å². The lowest BCUT2D eigenvalue weighted by Crippen LogP contribution is -2.40. The molecule has 2 N–H and O–H groups in total. The Hall–Kier alpha value is -2.13. The molecule has 0 bridgehead atoms. The Morgan fingerprint density at radius 1 is 1.05 bits per heavy atom. The van der Waals surface area contributed by atoms with E-state index >= 15 is 0 Å². The highest BCUT2D eigenvalue weighted by Gasteiger charge is 2.25. The predicted molar refractivity (Wildman–Crippen MR) is 79.6 cm³/mol. The topological polar surface area (TPSA) is 49.3 Å². The van der Waals surface area contributed by atoms with Crippen LogP contribution in [0.5, 0.6) is 0 Å². The Bertz CT molecular complexity index is 539. The number of carboxylic acids is 1. The second kappa shape index (κ2) is 6.87. The average molecular weight is 269 g/mol. The van der Waals surface area contributed by atoms with Gasteiger partial charge in [-0.05, 0) is 11.1 Å². The van der Waals surface area contributed by atoms with Crippen molar-refractivity contribution in [1.82, 2.24) is 5.32 Å². The average Bonchev–Trinajstić information content (AvgIpc) is 2.49. The third kappa shape index (κ3) is 3.68. The van der Waals surface area contributed by atoms with Crippen LogP contribution in [0.1, 0.15) is 24.0 Å². The molecule has 2 aromatic rings. The first-order valence-corrected chi connectivity index (χ1v) is 6.73. The lowest BCUT2D eigenvalue weighted by molar-refractivity contribution is -0.140. The van der Waals surface area contributed by atoms with Crippen molar-refractivity contribution < 1.29 is 9.90 Å². The molecule has 0 aromatic heterocycles. The summed E-state index contributed by atoms with van der Waals surface area (Å²) in [6, 6.07) is 18.9. The molecule has 0 heterocycles. The van der Waals surface area contributed by atoms with Crippen molar-refractivity contribution in [2.45, 2.75) is 25.4 Å². The third-order valence-corrected chi connectivity index (χ3v) is 3.46. The SMILES string of the molecule is C[C@@H](c1ccccc1)[C@H](NCc1ccccc1)C(=O)O. The van der Waals surface area contributed by atoms with Crippen LogP contribution in [0.25, 0.3) is 0 Å². The zero-order valence-corrected chi connectivity index (χ0v) is 11.5. The van der Waals surface area contributed by atoms with Crippen LogP contribution < -0.4 is 5.32 Å². The summed E-state index contributed by atoms with van der Waals surface area (Å²) in [7, 11) is 0. The monoisotopic (exact) mass is 269 g/mol. The first-order chi connectivity index (χ1) is 9.68. The molecule has 104 valence electrons. The minimum absolute atomic E-state index is 0.0857. The Balaban J connectivity index is 2.06. The molecule has 20 heavy (non-hydrogen) atoms. The molecule has 2 rings (SSSR count). The largest absolute Gasteiger partial charge is 0.480 e. The van der Waals surface area contributed by atoms with Gasteiger partial charge in [0.05, 0.1) is 0 Å². The molecule has 0 unspecified atom stereocenters. The van der Waals surface area contributed by atoms with E-state index in [0.717, 1.165) is 11.1 Å². The lowest BCUT2D eigenvalue weighted by atomic mass is 9.93. The molecule has 3 heteroatoms. The maximum Gasteiger partial charge on any atom is 0.321 e. The highest BCUT2D eigenvalue weighted by molar-refractivity contribution is 5.75. The van der Waals surface area contributed by atoms with Gasteiger partial charge in [0.25, 0.3) is 0 Å². The summed E-state index contributed by atoms with van der Waals surface area (Å²) in [6.07, 6.45) is 0. The van der Waals surface area contributed by atoms with E-state index in [4.69, 9.17) is 0 Å². The molecule has 0 saturated carbocycles. The third-order valence-electron chi connectivity index (χ3n) is 3.46. The molecule has 0 aliphatic carbocycles. The van der Waals surface area contributed by atoms with Gasteiger partial charge in [-0.2, -0.15) is 0 Å². The number of carbonyl (C=O) groups is 1. The Labute approximate surface area is 119 Å². The highest BCUT2D eigenvalue weighted by Crippen LogP contribution is 2.19. The molecule has 0 aliphatic rings.